The van der Waals surface area contributed by atoms with Gasteiger partial charge in [-0.25, -0.2) is 0 Å². The van der Waals surface area contributed by atoms with Crippen LogP contribution in [0.2, 0.25) is 0 Å². The van der Waals surface area contributed by atoms with Crippen molar-refractivity contribution in [3.63, 3.8) is 0 Å². The zero-order chi connectivity index (χ0) is 12.3. The van der Waals surface area contributed by atoms with Gasteiger partial charge in [-0.3, -0.25) is 14.5 Å². The van der Waals surface area contributed by atoms with Crippen LogP contribution in [0.4, 0.5) is 0 Å². The Kier molecular flexibility index (Phi) is 4.15. The molecule has 2 rings (SSSR count). The van der Waals surface area contributed by atoms with E-state index in [1.165, 1.54) is 12.8 Å². The maximum absolute atomic E-state index is 12.0. The summed E-state index contributed by atoms with van der Waals surface area (Å²) in [6.45, 7) is 6.13. The van der Waals surface area contributed by atoms with E-state index >= 15 is 0 Å². The molecule has 2 fully saturated rings. The van der Waals surface area contributed by atoms with E-state index < -0.39 is 0 Å². The SMILES string of the molecule is CCC1CCN(CC(=O)N2CCC(=O)CC2)C1. The lowest BCUT2D eigenvalue weighted by molar-refractivity contribution is -0.135. The number of likely N-dealkylation sites (tertiary alicyclic amines) is 2. The van der Waals surface area contributed by atoms with Gasteiger partial charge in [-0.2, -0.15) is 0 Å². The summed E-state index contributed by atoms with van der Waals surface area (Å²) in [4.78, 5) is 27.2. The topological polar surface area (TPSA) is 40.6 Å². The van der Waals surface area contributed by atoms with Crippen molar-refractivity contribution in [1.82, 2.24) is 9.80 Å². The van der Waals surface area contributed by atoms with E-state index in [0.29, 0.717) is 38.3 Å². The van der Waals surface area contributed by atoms with Gasteiger partial charge in [0.05, 0.1) is 6.54 Å². The van der Waals surface area contributed by atoms with Crippen LogP contribution in [-0.4, -0.2) is 54.2 Å². The second-order valence-corrected chi connectivity index (χ2v) is 5.22. The lowest BCUT2D eigenvalue weighted by atomic mass is 10.1. The molecule has 0 radical (unpaired) electrons. The Morgan fingerprint density at radius 1 is 1.29 bits per heavy atom. The second kappa shape index (κ2) is 5.63. The molecule has 0 aromatic rings. The molecule has 0 bridgehead atoms. The van der Waals surface area contributed by atoms with Crippen molar-refractivity contribution in [2.75, 3.05) is 32.7 Å². The molecule has 1 unspecified atom stereocenters. The van der Waals surface area contributed by atoms with Crippen molar-refractivity contribution in [1.29, 1.82) is 0 Å². The monoisotopic (exact) mass is 238 g/mol. The fourth-order valence-corrected chi connectivity index (χ4v) is 2.69. The third-order valence-electron chi connectivity index (χ3n) is 3.98. The molecule has 4 nitrogen and oxygen atoms in total. The Morgan fingerprint density at radius 2 is 2.00 bits per heavy atom. The maximum Gasteiger partial charge on any atom is 0.236 e. The van der Waals surface area contributed by atoms with E-state index in [4.69, 9.17) is 0 Å². The molecule has 0 spiro atoms. The molecular weight excluding hydrogens is 216 g/mol. The molecule has 2 aliphatic heterocycles. The Hall–Kier alpha value is -0.900. The summed E-state index contributed by atoms with van der Waals surface area (Å²) in [5.41, 5.74) is 0. The molecule has 1 amide bonds. The zero-order valence-corrected chi connectivity index (χ0v) is 10.7. The first-order valence-corrected chi connectivity index (χ1v) is 6.71. The second-order valence-electron chi connectivity index (χ2n) is 5.22. The van der Waals surface area contributed by atoms with Gasteiger partial charge >= 0.3 is 0 Å². The minimum absolute atomic E-state index is 0.203. The summed E-state index contributed by atoms with van der Waals surface area (Å²) in [7, 11) is 0. The van der Waals surface area contributed by atoms with Crippen LogP contribution in [0.5, 0.6) is 0 Å². The number of hydrogen-bond acceptors (Lipinski definition) is 3. The van der Waals surface area contributed by atoms with Crippen LogP contribution < -0.4 is 0 Å². The molecule has 1 atom stereocenters. The normalized spacial score (nSPS) is 26.5. The third-order valence-corrected chi connectivity index (χ3v) is 3.98. The molecule has 4 heteroatoms. The highest BCUT2D eigenvalue weighted by molar-refractivity contribution is 5.84. The van der Waals surface area contributed by atoms with Crippen LogP contribution >= 0.6 is 0 Å². The van der Waals surface area contributed by atoms with Crippen molar-refractivity contribution in [2.24, 2.45) is 5.92 Å². The van der Waals surface area contributed by atoms with Gasteiger partial charge in [-0.05, 0) is 18.9 Å². The average Bonchev–Trinajstić information content (AvgIpc) is 2.77. The zero-order valence-electron chi connectivity index (χ0n) is 10.7. The summed E-state index contributed by atoms with van der Waals surface area (Å²) >= 11 is 0. The van der Waals surface area contributed by atoms with Gasteiger partial charge in [0.1, 0.15) is 5.78 Å². The largest absolute Gasteiger partial charge is 0.341 e. The Bertz CT molecular complexity index is 294. The van der Waals surface area contributed by atoms with Crippen molar-refractivity contribution < 1.29 is 9.59 Å². The van der Waals surface area contributed by atoms with E-state index in [-0.39, 0.29) is 5.91 Å². The fourth-order valence-electron chi connectivity index (χ4n) is 2.69. The molecule has 0 aromatic carbocycles. The quantitative estimate of drug-likeness (QED) is 0.734. The van der Waals surface area contributed by atoms with Crippen LogP contribution in [0.1, 0.15) is 32.6 Å². The number of piperidine rings is 1. The number of rotatable bonds is 3. The van der Waals surface area contributed by atoms with Crippen LogP contribution in [0.25, 0.3) is 0 Å². The van der Waals surface area contributed by atoms with Crippen molar-refractivity contribution in [3.05, 3.63) is 0 Å². The van der Waals surface area contributed by atoms with Crippen LogP contribution in [0, 0.1) is 5.92 Å². The van der Waals surface area contributed by atoms with E-state index in [0.717, 1.165) is 19.0 Å². The lowest BCUT2D eigenvalue weighted by Gasteiger charge is -2.28. The van der Waals surface area contributed by atoms with Crippen LogP contribution in [0.3, 0.4) is 0 Å². The highest BCUT2D eigenvalue weighted by Crippen LogP contribution is 2.19. The Labute approximate surface area is 103 Å². The van der Waals surface area contributed by atoms with Gasteiger partial charge in [-0.1, -0.05) is 13.3 Å². The highest BCUT2D eigenvalue weighted by Gasteiger charge is 2.26. The molecule has 0 saturated carbocycles. The number of hydrogen-bond donors (Lipinski definition) is 0. The summed E-state index contributed by atoms with van der Waals surface area (Å²) in [5.74, 6) is 1.27. The summed E-state index contributed by atoms with van der Waals surface area (Å²) in [5, 5.41) is 0. The summed E-state index contributed by atoms with van der Waals surface area (Å²) < 4.78 is 0. The molecule has 0 aromatic heterocycles. The van der Waals surface area contributed by atoms with Crippen LogP contribution in [-0.2, 0) is 9.59 Å². The molecule has 2 saturated heterocycles. The molecule has 17 heavy (non-hydrogen) atoms. The molecule has 2 heterocycles. The fraction of sp³-hybridized carbons (Fsp3) is 0.846. The van der Waals surface area contributed by atoms with Crippen molar-refractivity contribution in [2.45, 2.75) is 32.6 Å². The van der Waals surface area contributed by atoms with Gasteiger partial charge in [0.15, 0.2) is 0 Å². The molecule has 2 aliphatic rings. The number of nitrogens with zero attached hydrogens (tertiary/aromatic N) is 2. The number of amides is 1. The summed E-state index contributed by atoms with van der Waals surface area (Å²) in [6.07, 6.45) is 3.53. The minimum atomic E-state index is 0.203. The number of carbonyl (C=O) groups excluding carboxylic acids is 2. The number of carbonyl (C=O) groups is 2. The van der Waals surface area contributed by atoms with Gasteiger partial charge in [0.25, 0.3) is 0 Å². The number of Topliss-reactive ketones (excluding diaryl/α,β-unsaturated/α-hetero) is 1. The first kappa shape index (κ1) is 12.6. The van der Waals surface area contributed by atoms with Gasteiger partial charge in [-0.15, -0.1) is 0 Å². The van der Waals surface area contributed by atoms with E-state index in [1.807, 2.05) is 4.90 Å². The van der Waals surface area contributed by atoms with E-state index in [1.54, 1.807) is 0 Å². The first-order valence-electron chi connectivity index (χ1n) is 6.71. The molecular formula is C13H22N2O2. The standard InChI is InChI=1S/C13H22N2O2/c1-2-11-3-6-14(9-11)10-13(17)15-7-4-12(16)5-8-15/h11H,2-10H2,1H3. The smallest absolute Gasteiger partial charge is 0.236 e. The third kappa shape index (κ3) is 3.28. The highest BCUT2D eigenvalue weighted by atomic mass is 16.2. The predicted octanol–water partition coefficient (Wildman–Crippen LogP) is 0.910. The lowest BCUT2D eigenvalue weighted by Crippen LogP contribution is -2.43. The maximum atomic E-state index is 12.0. The van der Waals surface area contributed by atoms with Gasteiger partial charge in [0.2, 0.25) is 5.91 Å². The molecule has 0 aliphatic carbocycles. The van der Waals surface area contributed by atoms with Gasteiger partial charge in [0, 0.05) is 32.5 Å². The average molecular weight is 238 g/mol. The van der Waals surface area contributed by atoms with E-state index in [2.05, 4.69) is 11.8 Å². The van der Waals surface area contributed by atoms with Crippen LogP contribution in [0.15, 0.2) is 0 Å². The Balaban J connectivity index is 1.75. The molecule has 0 N–H and O–H groups in total. The van der Waals surface area contributed by atoms with E-state index in [9.17, 15) is 9.59 Å². The summed E-state index contributed by atoms with van der Waals surface area (Å²) in [6, 6.07) is 0. The minimum Gasteiger partial charge on any atom is -0.341 e. The van der Waals surface area contributed by atoms with Gasteiger partial charge < -0.3 is 4.90 Å². The first-order chi connectivity index (χ1) is 8.19. The molecule has 96 valence electrons. The van der Waals surface area contributed by atoms with Crippen molar-refractivity contribution >= 4 is 11.7 Å². The predicted molar refractivity (Wildman–Crippen MR) is 65.7 cm³/mol. The Morgan fingerprint density at radius 3 is 2.59 bits per heavy atom. The van der Waals surface area contributed by atoms with Crippen molar-refractivity contribution in [3.8, 4) is 0 Å². The number of ketones is 1.